The Labute approximate surface area is 202 Å². The lowest BCUT2D eigenvalue weighted by Gasteiger charge is -2.30. The van der Waals surface area contributed by atoms with Gasteiger partial charge in [-0.3, -0.25) is 19.2 Å². The summed E-state index contributed by atoms with van der Waals surface area (Å²) in [7, 11) is 0. The fourth-order valence-corrected chi connectivity index (χ4v) is 3.86. The highest BCUT2D eigenvalue weighted by Gasteiger charge is 2.40. The van der Waals surface area contributed by atoms with Crippen molar-refractivity contribution in [2.75, 3.05) is 6.54 Å². The van der Waals surface area contributed by atoms with E-state index >= 15 is 0 Å². The molecule has 12 heteroatoms. The summed E-state index contributed by atoms with van der Waals surface area (Å²) in [6.45, 7) is 1.47. The molecule has 3 amide bonds. The van der Waals surface area contributed by atoms with Crippen molar-refractivity contribution < 1.29 is 39.3 Å². The smallest absolute Gasteiger partial charge is 0.326 e. The van der Waals surface area contributed by atoms with Crippen molar-refractivity contribution in [2.45, 2.75) is 69.3 Å². The van der Waals surface area contributed by atoms with E-state index in [1.54, 1.807) is 30.3 Å². The molecule has 5 unspecified atom stereocenters. The van der Waals surface area contributed by atoms with Gasteiger partial charge < -0.3 is 36.6 Å². The number of amides is 3. The van der Waals surface area contributed by atoms with Crippen LogP contribution in [0.2, 0.25) is 0 Å². The topological polar surface area (TPSA) is 199 Å². The molecular weight excluding hydrogens is 460 g/mol. The maximum Gasteiger partial charge on any atom is 0.326 e. The molecule has 5 atom stereocenters. The van der Waals surface area contributed by atoms with Gasteiger partial charge in [-0.2, -0.15) is 0 Å². The zero-order valence-corrected chi connectivity index (χ0v) is 19.4. The quantitative estimate of drug-likeness (QED) is 0.208. The molecule has 0 spiro atoms. The molecule has 2 rings (SSSR count). The van der Waals surface area contributed by atoms with Crippen LogP contribution in [0.1, 0.15) is 38.2 Å². The second kappa shape index (κ2) is 12.8. The van der Waals surface area contributed by atoms with Gasteiger partial charge in [-0.15, -0.1) is 0 Å². The van der Waals surface area contributed by atoms with Crippen molar-refractivity contribution in [1.82, 2.24) is 15.5 Å². The van der Waals surface area contributed by atoms with Crippen LogP contribution in [0.25, 0.3) is 0 Å². The van der Waals surface area contributed by atoms with E-state index in [1.165, 1.54) is 6.92 Å². The second-order valence-corrected chi connectivity index (χ2v) is 8.54. The number of aliphatic carboxylic acids is 2. The standard InChI is InChI=1S/C23H32N4O8/c1-13(28)19(22(33)27-11-5-8-17(27)23(34)35)26-21(32)16(12-14-6-3-2-4-7-14)25-20(31)15(24)9-10-18(29)30/h2-4,6-7,13,15-17,19,28H,5,8-12,24H2,1H3,(H,25,31)(H,26,32)(H,29,30)(H,34,35). The van der Waals surface area contributed by atoms with Gasteiger partial charge in [-0.05, 0) is 31.7 Å². The van der Waals surface area contributed by atoms with Gasteiger partial charge in [0.25, 0.3) is 0 Å². The number of rotatable bonds is 12. The largest absolute Gasteiger partial charge is 0.481 e. The molecule has 0 bridgehead atoms. The van der Waals surface area contributed by atoms with Gasteiger partial charge in [0.15, 0.2) is 0 Å². The Morgan fingerprint density at radius 2 is 1.74 bits per heavy atom. The zero-order chi connectivity index (χ0) is 26.1. The van der Waals surface area contributed by atoms with Crippen molar-refractivity contribution in [3.8, 4) is 0 Å². The Kier molecular flexibility index (Phi) is 10.2. The van der Waals surface area contributed by atoms with Crippen molar-refractivity contribution in [3.05, 3.63) is 35.9 Å². The fourth-order valence-electron chi connectivity index (χ4n) is 3.86. The van der Waals surface area contributed by atoms with Crippen LogP contribution in [0.5, 0.6) is 0 Å². The van der Waals surface area contributed by atoms with E-state index in [2.05, 4.69) is 10.6 Å². The first-order valence-corrected chi connectivity index (χ1v) is 11.3. The lowest BCUT2D eigenvalue weighted by molar-refractivity contribution is -0.150. The molecular formula is C23H32N4O8. The highest BCUT2D eigenvalue weighted by molar-refractivity contribution is 5.94. The summed E-state index contributed by atoms with van der Waals surface area (Å²) in [6, 6.07) is 3.88. The summed E-state index contributed by atoms with van der Waals surface area (Å²) in [5.41, 5.74) is 6.46. The summed E-state index contributed by atoms with van der Waals surface area (Å²) in [5, 5.41) is 33.3. The van der Waals surface area contributed by atoms with Crippen LogP contribution in [0, 0.1) is 0 Å². The van der Waals surface area contributed by atoms with Gasteiger partial charge in [0.05, 0.1) is 12.1 Å². The number of aliphatic hydroxyl groups is 1. The number of hydrogen-bond donors (Lipinski definition) is 6. The van der Waals surface area contributed by atoms with Gasteiger partial charge in [-0.1, -0.05) is 30.3 Å². The lowest BCUT2D eigenvalue weighted by atomic mass is 10.0. The number of hydrogen-bond acceptors (Lipinski definition) is 7. The molecule has 0 saturated carbocycles. The molecule has 1 fully saturated rings. The van der Waals surface area contributed by atoms with Crippen LogP contribution in [0.15, 0.2) is 30.3 Å². The van der Waals surface area contributed by atoms with Crippen LogP contribution in [0.4, 0.5) is 0 Å². The first-order valence-electron chi connectivity index (χ1n) is 11.3. The van der Waals surface area contributed by atoms with E-state index in [-0.39, 0.29) is 32.2 Å². The Balaban J connectivity index is 2.19. The number of carbonyl (C=O) groups excluding carboxylic acids is 3. The first-order chi connectivity index (χ1) is 16.5. The lowest BCUT2D eigenvalue weighted by Crippen LogP contribution is -2.60. The summed E-state index contributed by atoms with van der Waals surface area (Å²) < 4.78 is 0. The Morgan fingerprint density at radius 1 is 1.09 bits per heavy atom. The second-order valence-electron chi connectivity index (χ2n) is 8.54. The molecule has 1 aromatic carbocycles. The minimum atomic E-state index is -1.43. The number of benzene rings is 1. The van der Waals surface area contributed by atoms with Gasteiger partial charge in [-0.25, -0.2) is 4.79 Å². The van der Waals surface area contributed by atoms with Gasteiger partial charge >= 0.3 is 11.9 Å². The molecule has 12 nitrogen and oxygen atoms in total. The minimum Gasteiger partial charge on any atom is -0.481 e. The van der Waals surface area contributed by atoms with E-state index in [4.69, 9.17) is 10.8 Å². The van der Waals surface area contributed by atoms with Crippen LogP contribution in [-0.4, -0.2) is 86.7 Å². The van der Waals surface area contributed by atoms with Crippen LogP contribution in [0.3, 0.4) is 0 Å². The first kappa shape index (κ1) is 27.7. The highest BCUT2D eigenvalue weighted by Crippen LogP contribution is 2.19. The molecule has 192 valence electrons. The van der Waals surface area contributed by atoms with E-state index in [0.29, 0.717) is 12.0 Å². The molecule has 0 radical (unpaired) electrons. The van der Waals surface area contributed by atoms with E-state index in [9.17, 15) is 34.2 Å². The molecule has 7 N–H and O–H groups in total. The third-order valence-electron chi connectivity index (χ3n) is 5.79. The number of nitrogens with two attached hydrogens (primary N) is 1. The Hall–Kier alpha value is -3.51. The number of carbonyl (C=O) groups is 5. The fraction of sp³-hybridized carbons (Fsp3) is 0.522. The predicted octanol–water partition coefficient (Wildman–Crippen LogP) is -1.15. The number of nitrogens with zero attached hydrogens (tertiary/aromatic N) is 1. The number of aliphatic hydroxyl groups excluding tert-OH is 1. The summed E-state index contributed by atoms with van der Waals surface area (Å²) in [6.07, 6.45) is -1.03. The Bertz CT molecular complexity index is 923. The van der Waals surface area contributed by atoms with Crippen LogP contribution < -0.4 is 16.4 Å². The third kappa shape index (κ3) is 8.04. The average Bonchev–Trinajstić information content (AvgIpc) is 3.30. The molecule has 0 aliphatic carbocycles. The normalized spacial score (nSPS) is 18.7. The van der Waals surface area contributed by atoms with E-state index < -0.39 is 59.9 Å². The van der Waals surface area contributed by atoms with Crippen LogP contribution in [-0.2, 0) is 30.4 Å². The van der Waals surface area contributed by atoms with E-state index in [1.807, 2.05) is 0 Å². The number of nitrogens with one attached hydrogen (secondary N) is 2. The number of likely N-dealkylation sites (tertiary alicyclic amines) is 1. The predicted molar refractivity (Wildman–Crippen MR) is 123 cm³/mol. The van der Waals surface area contributed by atoms with Gasteiger partial charge in [0, 0.05) is 19.4 Å². The van der Waals surface area contributed by atoms with Crippen LogP contribution >= 0.6 is 0 Å². The van der Waals surface area contributed by atoms with Gasteiger partial charge in [0.1, 0.15) is 18.1 Å². The summed E-state index contributed by atoms with van der Waals surface area (Å²) in [4.78, 5) is 62.1. The Morgan fingerprint density at radius 3 is 2.31 bits per heavy atom. The minimum absolute atomic E-state index is 0.0340. The van der Waals surface area contributed by atoms with Crippen molar-refractivity contribution in [3.63, 3.8) is 0 Å². The third-order valence-corrected chi connectivity index (χ3v) is 5.79. The maximum absolute atomic E-state index is 13.2. The summed E-state index contributed by atoms with van der Waals surface area (Å²) >= 11 is 0. The zero-order valence-electron chi connectivity index (χ0n) is 19.4. The molecule has 1 aliphatic heterocycles. The molecule has 1 heterocycles. The number of carboxylic acids is 2. The maximum atomic E-state index is 13.2. The molecule has 35 heavy (non-hydrogen) atoms. The molecule has 1 saturated heterocycles. The average molecular weight is 493 g/mol. The molecule has 1 aliphatic rings. The van der Waals surface area contributed by atoms with Crippen molar-refractivity contribution in [1.29, 1.82) is 0 Å². The summed E-state index contributed by atoms with van der Waals surface area (Å²) in [5.74, 6) is -4.55. The molecule has 0 aromatic heterocycles. The van der Waals surface area contributed by atoms with E-state index in [0.717, 1.165) is 4.90 Å². The molecule has 1 aromatic rings. The van der Waals surface area contributed by atoms with Gasteiger partial charge in [0.2, 0.25) is 17.7 Å². The number of carboxylic acid groups (broad SMARTS) is 2. The SMILES string of the molecule is CC(O)C(NC(=O)C(Cc1ccccc1)NC(=O)C(N)CCC(=O)O)C(=O)N1CCCC1C(=O)O. The highest BCUT2D eigenvalue weighted by atomic mass is 16.4. The monoisotopic (exact) mass is 492 g/mol. The van der Waals surface area contributed by atoms with Crippen molar-refractivity contribution in [2.24, 2.45) is 5.73 Å². The van der Waals surface area contributed by atoms with Crippen molar-refractivity contribution >= 4 is 29.7 Å².